The van der Waals surface area contributed by atoms with Gasteiger partial charge in [0, 0.05) is 5.56 Å². The summed E-state index contributed by atoms with van der Waals surface area (Å²) >= 11 is 0. The van der Waals surface area contributed by atoms with E-state index in [1.807, 2.05) is 0 Å². The van der Waals surface area contributed by atoms with Gasteiger partial charge in [-0.2, -0.15) is 5.26 Å². The number of carbonyl (C=O) groups is 1. The van der Waals surface area contributed by atoms with Gasteiger partial charge in [-0.3, -0.25) is 14.9 Å². The first-order chi connectivity index (χ1) is 6.97. The van der Waals surface area contributed by atoms with Crippen LogP contribution in [0.15, 0.2) is 12.1 Å². The summed E-state index contributed by atoms with van der Waals surface area (Å²) < 4.78 is 12.9. The zero-order chi connectivity index (χ0) is 11.6. The van der Waals surface area contributed by atoms with Gasteiger partial charge in [0.05, 0.1) is 11.0 Å². The van der Waals surface area contributed by atoms with E-state index >= 15 is 0 Å². The number of Topliss-reactive ketones (excluding diaryl/α,β-unsaturated/α-hetero) is 1. The SMILES string of the molecule is CC(=O)c1cc(F)cc([N+](=O)[O-])c1C#N. The van der Waals surface area contributed by atoms with Crippen LogP contribution in [0.25, 0.3) is 0 Å². The number of nitro groups is 1. The van der Waals surface area contributed by atoms with E-state index < -0.39 is 27.8 Å². The van der Waals surface area contributed by atoms with Gasteiger partial charge in [0.25, 0.3) is 5.69 Å². The zero-order valence-corrected chi connectivity index (χ0v) is 7.65. The van der Waals surface area contributed by atoms with Crippen LogP contribution in [0, 0.1) is 27.3 Å². The lowest BCUT2D eigenvalue weighted by atomic mass is 10.0. The highest BCUT2D eigenvalue weighted by molar-refractivity contribution is 5.97. The molecule has 0 saturated heterocycles. The molecule has 0 fully saturated rings. The van der Waals surface area contributed by atoms with E-state index in [2.05, 4.69) is 0 Å². The maximum absolute atomic E-state index is 12.9. The summed E-state index contributed by atoms with van der Waals surface area (Å²) in [5.74, 6) is -1.50. The molecule has 0 aliphatic heterocycles. The van der Waals surface area contributed by atoms with Gasteiger partial charge >= 0.3 is 0 Å². The van der Waals surface area contributed by atoms with Crippen LogP contribution in [-0.2, 0) is 0 Å². The minimum absolute atomic E-state index is 0.274. The van der Waals surface area contributed by atoms with Crippen LogP contribution in [-0.4, -0.2) is 10.7 Å². The highest BCUT2D eigenvalue weighted by atomic mass is 19.1. The fourth-order valence-electron chi connectivity index (χ4n) is 1.13. The number of nitriles is 1. The van der Waals surface area contributed by atoms with Crippen LogP contribution in [0.4, 0.5) is 10.1 Å². The fraction of sp³-hybridized carbons (Fsp3) is 0.111. The van der Waals surface area contributed by atoms with E-state index in [1.54, 1.807) is 0 Å². The van der Waals surface area contributed by atoms with Crippen molar-refractivity contribution in [1.82, 2.24) is 0 Å². The normalized spacial score (nSPS) is 9.40. The van der Waals surface area contributed by atoms with E-state index in [-0.39, 0.29) is 5.56 Å². The molecule has 76 valence electrons. The topological polar surface area (TPSA) is 84.0 Å². The molecule has 0 bridgehead atoms. The first-order valence-electron chi connectivity index (χ1n) is 3.86. The lowest BCUT2D eigenvalue weighted by Gasteiger charge is -2.00. The molecule has 0 aliphatic rings. The molecule has 0 amide bonds. The van der Waals surface area contributed by atoms with Gasteiger partial charge in [0.2, 0.25) is 0 Å². The summed E-state index contributed by atoms with van der Waals surface area (Å²) in [5, 5.41) is 19.1. The number of halogens is 1. The standard InChI is InChI=1S/C9H5FN2O3/c1-5(13)7-2-6(10)3-9(12(14)15)8(7)4-11/h2-3H,1H3. The summed E-state index contributed by atoms with van der Waals surface area (Å²) in [6.45, 7) is 1.11. The Labute approximate surface area is 83.9 Å². The Morgan fingerprint density at radius 2 is 2.20 bits per heavy atom. The number of hydrogen-bond acceptors (Lipinski definition) is 4. The number of rotatable bonds is 2. The van der Waals surface area contributed by atoms with Gasteiger partial charge in [-0.25, -0.2) is 4.39 Å². The Kier molecular flexibility index (Phi) is 2.76. The van der Waals surface area contributed by atoms with E-state index in [1.165, 1.54) is 6.07 Å². The van der Waals surface area contributed by atoms with Gasteiger partial charge in [-0.1, -0.05) is 0 Å². The predicted molar refractivity (Wildman–Crippen MR) is 47.8 cm³/mol. The molecule has 5 nitrogen and oxygen atoms in total. The number of ketones is 1. The van der Waals surface area contributed by atoms with Crippen molar-refractivity contribution in [1.29, 1.82) is 5.26 Å². The number of benzene rings is 1. The predicted octanol–water partition coefficient (Wildman–Crippen LogP) is 1.81. The van der Waals surface area contributed by atoms with Crippen LogP contribution in [0.1, 0.15) is 22.8 Å². The Morgan fingerprint density at radius 3 is 2.60 bits per heavy atom. The third-order valence-electron chi connectivity index (χ3n) is 1.77. The number of nitrogens with zero attached hydrogens (tertiary/aromatic N) is 2. The van der Waals surface area contributed by atoms with Crippen molar-refractivity contribution < 1.29 is 14.1 Å². The summed E-state index contributed by atoms with van der Waals surface area (Å²) in [5.41, 5.74) is -1.37. The molecule has 0 aliphatic carbocycles. The molecular formula is C9H5FN2O3. The molecule has 6 heteroatoms. The van der Waals surface area contributed by atoms with Crippen molar-refractivity contribution in [2.24, 2.45) is 0 Å². The molecule has 0 atom stereocenters. The van der Waals surface area contributed by atoms with Crippen LogP contribution in [0.3, 0.4) is 0 Å². The molecule has 0 unspecified atom stereocenters. The molecular weight excluding hydrogens is 203 g/mol. The first-order valence-corrected chi connectivity index (χ1v) is 3.86. The molecule has 15 heavy (non-hydrogen) atoms. The minimum Gasteiger partial charge on any atom is -0.294 e. The van der Waals surface area contributed by atoms with Crippen molar-refractivity contribution in [3.05, 3.63) is 39.2 Å². The summed E-state index contributed by atoms with van der Waals surface area (Å²) in [4.78, 5) is 20.6. The number of nitro benzene ring substituents is 1. The van der Waals surface area contributed by atoms with Gasteiger partial charge in [0.1, 0.15) is 17.4 Å². The van der Waals surface area contributed by atoms with Crippen molar-refractivity contribution >= 4 is 11.5 Å². The van der Waals surface area contributed by atoms with Gasteiger partial charge in [-0.15, -0.1) is 0 Å². The van der Waals surface area contributed by atoms with Gasteiger partial charge in [0.15, 0.2) is 5.78 Å². The third kappa shape index (κ3) is 1.96. The Hall–Kier alpha value is -2.29. The average molecular weight is 208 g/mol. The van der Waals surface area contributed by atoms with Crippen LogP contribution in [0.5, 0.6) is 0 Å². The molecule has 1 aromatic rings. The van der Waals surface area contributed by atoms with Gasteiger partial charge < -0.3 is 0 Å². The zero-order valence-electron chi connectivity index (χ0n) is 7.65. The molecule has 0 saturated carbocycles. The monoisotopic (exact) mass is 208 g/mol. The smallest absolute Gasteiger partial charge is 0.290 e. The highest BCUT2D eigenvalue weighted by Gasteiger charge is 2.21. The lowest BCUT2D eigenvalue weighted by Crippen LogP contribution is -2.02. The van der Waals surface area contributed by atoms with Crippen molar-refractivity contribution in [3.63, 3.8) is 0 Å². The average Bonchev–Trinajstić information content (AvgIpc) is 2.16. The van der Waals surface area contributed by atoms with E-state index in [9.17, 15) is 19.3 Å². The van der Waals surface area contributed by atoms with E-state index in [0.29, 0.717) is 6.07 Å². The maximum Gasteiger partial charge on any atom is 0.290 e. The second-order valence-corrected chi connectivity index (χ2v) is 2.77. The fourth-order valence-corrected chi connectivity index (χ4v) is 1.13. The minimum atomic E-state index is -0.911. The molecule has 1 rings (SSSR count). The molecule has 0 spiro atoms. The highest BCUT2D eigenvalue weighted by Crippen LogP contribution is 2.23. The van der Waals surface area contributed by atoms with Crippen molar-refractivity contribution in [2.75, 3.05) is 0 Å². The maximum atomic E-state index is 12.9. The largest absolute Gasteiger partial charge is 0.294 e. The summed E-state index contributed by atoms with van der Waals surface area (Å²) in [6, 6.07) is 2.95. The van der Waals surface area contributed by atoms with Crippen LogP contribution < -0.4 is 0 Å². The summed E-state index contributed by atoms with van der Waals surface area (Å²) in [6.07, 6.45) is 0. The van der Waals surface area contributed by atoms with Crippen LogP contribution >= 0.6 is 0 Å². The van der Waals surface area contributed by atoms with Crippen molar-refractivity contribution in [3.8, 4) is 6.07 Å². The quantitative estimate of drug-likeness (QED) is 0.421. The Morgan fingerprint density at radius 1 is 1.60 bits per heavy atom. The first kappa shape index (κ1) is 10.8. The second-order valence-electron chi connectivity index (χ2n) is 2.77. The molecule has 1 aromatic carbocycles. The Bertz CT molecular complexity index is 456. The number of hydrogen-bond donors (Lipinski definition) is 0. The third-order valence-corrected chi connectivity index (χ3v) is 1.77. The molecule has 0 aromatic heterocycles. The molecule has 0 heterocycles. The van der Waals surface area contributed by atoms with E-state index in [0.717, 1.165) is 13.0 Å². The van der Waals surface area contributed by atoms with E-state index in [4.69, 9.17) is 5.26 Å². The number of carbonyl (C=O) groups excluding carboxylic acids is 1. The van der Waals surface area contributed by atoms with Gasteiger partial charge in [-0.05, 0) is 13.0 Å². The van der Waals surface area contributed by atoms with Crippen LogP contribution in [0.2, 0.25) is 0 Å². The summed E-state index contributed by atoms with van der Waals surface area (Å²) in [7, 11) is 0. The Balaban J connectivity index is 3.62. The van der Waals surface area contributed by atoms with Crippen molar-refractivity contribution in [2.45, 2.75) is 6.92 Å². The lowest BCUT2D eigenvalue weighted by molar-refractivity contribution is -0.385. The molecule has 0 N–H and O–H groups in total. The second kappa shape index (κ2) is 3.84. The molecule has 0 radical (unpaired) electrons.